The molecule has 0 atom stereocenters. The van der Waals surface area contributed by atoms with Gasteiger partial charge < -0.3 is 10.2 Å². The molecule has 0 heterocycles. The number of phenolic OH excluding ortho intramolecular Hbond substituents is 1. The van der Waals surface area contributed by atoms with Gasteiger partial charge in [0.25, 0.3) is 0 Å². The second-order valence-electron chi connectivity index (χ2n) is 3.81. The van der Waals surface area contributed by atoms with Crippen LogP contribution >= 0.6 is 0 Å². The van der Waals surface area contributed by atoms with Crippen LogP contribution in [0.5, 0.6) is 5.75 Å². The van der Waals surface area contributed by atoms with Crippen molar-refractivity contribution in [1.29, 1.82) is 0 Å². The van der Waals surface area contributed by atoms with Crippen LogP contribution in [-0.2, 0) is 0 Å². The van der Waals surface area contributed by atoms with Gasteiger partial charge in [-0.3, -0.25) is 5.43 Å². The fraction of sp³-hybridized carbons (Fsp3) is 0. The zero-order valence-corrected chi connectivity index (χ0v) is 9.95. The molecule has 2 aromatic carbocycles. The minimum absolute atomic E-state index is 0.172. The van der Waals surface area contributed by atoms with Crippen LogP contribution in [0.15, 0.2) is 53.6 Å². The standard InChI is InChI=1S/C14H12N2O3/c17-12-7-5-11(6-8-12)16-15-9-10-3-1-2-4-13(10)14(18)19/h1-9,16-17H,(H,18,19). The van der Waals surface area contributed by atoms with Crippen molar-refractivity contribution in [1.82, 2.24) is 0 Å². The largest absolute Gasteiger partial charge is 0.508 e. The van der Waals surface area contributed by atoms with E-state index in [-0.39, 0.29) is 11.3 Å². The number of carbonyl (C=O) groups is 1. The predicted octanol–water partition coefficient (Wildman–Crippen LogP) is 2.54. The Balaban J connectivity index is 2.11. The molecule has 19 heavy (non-hydrogen) atoms. The summed E-state index contributed by atoms with van der Waals surface area (Å²) in [4.78, 5) is 11.0. The molecule has 96 valence electrons. The molecular weight excluding hydrogens is 244 g/mol. The highest BCUT2D eigenvalue weighted by atomic mass is 16.4. The molecule has 0 bridgehead atoms. The normalized spacial score (nSPS) is 10.5. The fourth-order valence-electron chi connectivity index (χ4n) is 1.52. The molecule has 0 unspecified atom stereocenters. The number of carboxylic acids is 1. The Morgan fingerprint density at radius 1 is 1.11 bits per heavy atom. The highest BCUT2D eigenvalue weighted by Gasteiger charge is 2.06. The van der Waals surface area contributed by atoms with E-state index in [4.69, 9.17) is 10.2 Å². The topological polar surface area (TPSA) is 81.9 Å². The molecule has 5 heteroatoms. The number of rotatable bonds is 4. The third-order valence-electron chi connectivity index (χ3n) is 2.46. The fourth-order valence-corrected chi connectivity index (χ4v) is 1.52. The lowest BCUT2D eigenvalue weighted by Gasteiger charge is -2.01. The Labute approximate surface area is 109 Å². The number of carboxylic acid groups (broad SMARTS) is 1. The van der Waals surface area contributed by atoms with Gasteiger partial charge in [-0.05, 0) is 30.3 Å². The van der Waals surface area contributed by atoms with E-state index in [1.807, 2.05) is 0 Å². The van der Waals surface area contributed by atoms with E-state index in [1.165, 1.54) is 24.4 Å². The van der Waals surface area contributed by atoms with Crippen molar-refractivity contribution >= 4 is 17.9 Å². The number of aromatic hydroxyl groups is 1. The van der Waals surface area contributed by atoms with Crippen LogP contribution in [0, 0.1) is 0 Å². The van der Waals surface area contributed by atoms with Crippen molar-refractivity contribution in [2.45, 2.75) is 0 Å². The first-order chi connectivity index (χ1) is 9.16. The molecule has 0 aromatic heterocycles. The number of hydrazone groups is 1. The Morgan fingerprint density at radius 2 is 1.79 bits per heavy atom. The lowest BCUT2D eigenvalue weighted by atomic mass is 10.1. The molecule has 0 radical (unpaired) electrons. The van der Waals surface area contributed by atoms with Crippen molar-refractivity contribution in [2.75, 3.05) is 5.43 Å². The molecule has 0 saturated carbocycles. The van der Waals surface area contributed by atoms with Crippen molar-refractivity contribution in [3.63, 3.8) is 0 Å². The van der Waals surface area contributed by atoms with E-state index in [0.717, 1.165) is 0 Å². The lowest BCUT2D eigenvalue weighted by Crippen LogP contribution is -2.02. The maximum Gasteiger partial charge on any atom is 0.336 e. The number of hydrogen-bond donors (Lipinski definition) is 3. The van der Waals surface area contributed by atoms with Crippen molar-refractivity contribution in [3.8, 4) is 5.75 Å². The van der Waals surface area contributed by atoms with Gasteiger partial charge in [0.05, 0.1) is 17.5 Å². The van der Waals surface area contributed by atoms with Crippen LogP contribution < -0.4 is 5.43 Å². The number of aromatic carboxylic acids is 1. The van der Waals surface area contributed by atoms with E-state index >= 15 is 0 Å². The Hall–Kier alpha value is -2.82. The average Bonchev–Trinajstić information content (AvgIpc) is 2.41. The third kappa shape index (κ3) is 3.32. The van der Waals surface area contributed by atoms with E-state index in [2.05, 4.69) is 10.5 Å². The molecule has 0 amide bonds. The summed E-state index contributed by atoms with van der Waals surface area (Å²) in [6.45, 7) is 0. The van der Waals surface area contributed by atoms with Crippen molar-refractivity contribution < 1.29 is 15.0 Å². The summed E-state index contributed by atoms with van der Waals surface area (Å²) in [6, 6.07) is 13.0. The second-order valence-corrected chi connectivity index (χ2v) is 3.81. The van der Waals surface area contributed by atoms with Crippen LogP contribution in [0.4, 0.5) is 5.69 Å². The summed E-state index contributed by atoms with van der Waals surface area (Å²) in [6.07, 6.45) is 1.44. The monoisotopic (exact) mass is 256 g/mol. The number of nitrogens with one attached hydrogen (secondary N) is 1. The maximum atomic E-state index is 11.0. The summed E-state index contributed by atoms with van der Waals surface area (Å²) >= 11 is 0. The Bertz CT molecular complexity index is 606. The first-order valence-corrected chi connectivity index (χ1v) is 5.57. The molecule has 5 nitrogen and oxygen atoms in total. The van der Waals surface area contributed by atoms with Crippen molar-refractivity contribution in [3.05, 3.63) is 59.7 Å². The highest BCUT2D eigenvalue weighted by Crippen LogP contribution is 2.13. The number of benzene rings is 2. The zero-order chi connectivity index (χ0) is 13.7. The van der Waals surface area contributed by atoms with Crippen LogP contribution in [0.1, 0.15) is 15.9 Å². The summed E-state index contributed by atoms with van der Waals surface area (Å²) in [5.74, 6) is -0.822. The van der Waals surface area contributed by atoms with Crippen LogP contribution in [0.25, 0.3) is 0 Å². The summed E-state index contributed by atoms with van der Waals surface area (Å²) in [7, 11) is 0. The Kier molecular flexibility index (Phi) is 3.78. The molecule has 0 aliphatic heterocycles. The van der Waals surface area contributed by atoms with E-state index in [0.29, 0.717) is 11.3 Å². The molecule has 2 aromatic rings. The van der Waals surface area contributed by atoms with Gasteiger partial charge in [-0.1, -0.05) is 18.2 Å². The quantitative estimate of drug-likeness (QED) is 0.446. The first-order valence-electron chi connectivity index (χ1n) is 5.57. The van der Waals surface area contributed by atoms with Gasteiger partial charge in [0, 0.05) is 5.56 Å². The van der Waals surface area contributed by atoms with Gasteiger partial charge in [-0.15, -0.1) is 0 Å². The Morgan fingerprint density at radius 3 is 2.47 bits per heavy atom. The van der Waals surface area contributed by atoms with Gasteiger partial charge in [0.1, 0.15) is 5.75 Å². The second kappa shape index (κ2) is 5.68. The average molecular weight is 256 g/mol. The summed E-state index contributed by atoms with van der Waals surface area (Å²) < 4.78 is 0. The number of phenols is 1. The third-order valence-corrected chi connectivity index (χ3v) is 2.46. The van der Waals surface area contributed by atoms with Gasteiger partial charge in [0.2, 0.25) is 0 Å². The van der Waals surface area contributed by atoms with Gasteiger partial charge in [-0.2, -0.15) is 5.10 Å². The van der Waals surface area contributed by atoms with Crippen LogP contribution in [0.2, 0.25) is 0 Å². The predicted molar refractivity (Wildman–Crippen MR) is 72.7 cm³/mol. The number of anilines is 1. The van der Waals surface area contributed by atoms with Crippen molar-refractivity contribution in [2.24, 2.45) is 5.10 Å². The van der Waals surface area contributed by atoms with E-state index < -0.39 is 5.97 Å². The minimum Gasteiger partial charge on any atom is -0.508 e. The summed E-state index contributed by atoms with van der Waals surface area (Å²) in [5, 5.41) is 22.1. The molecule has 0 spiro atoms. The molecule has 0 fully saturated rings. The van der Waals surface area contributed by atoms with Crippen LogP contribution in [-0.4, -0.2) is 22.4 Å². The minimum atomic E-state index is -0.994. The van der Waals surface area contributed by atoms with Gasteiger partial charge >= 0.3 is 5.97 Å². The molecular formula is C14H12N2O3. The highest BCUT2D eigenvalue weighted by molar-refractivity contribution is 5.98. The molecule has 0 aliphatic rings. The van der Waals surface area contributed by atoms with E-state index in [9.17, 15) is 4.79 Å². The molecule has 0 saturated heterocycles. The number of hydrogen-bond acceptors (Lipinski definition) is 4. The molecule has 2 rings (SSSR count). The summed E-state index contributed by atoms with van der Waals surface area (Å²) in [5.41, 5.74) is 4.16. The zero-order valence-electron chi connectivity index (χ0n) is 9.95. The number of nitrogens with zero attached hydrogens (tertiary/aromatic N) is 1. The molecule has 3 N–H and O–H groups in total. The maximum absolute atomic E-state index is 11.0. The van der Waals surface area contributed by atoms with Gasteiger partial charge in [0.15, 0.2) is 0 Å². The SMILES string of the molecule is O=C(O)c1ccccc1C=NNc1ccc(O)cc1. The first kappa shape index (κ1) is 12.6. The lowest BCUT2D eigenvalue weighted by molar-refractivity contribution is 0.0697. The van der Waals surface area contributed by atoms with Gasteiger partial charge in [-0.25, -0.2) is 4.79 Å². The van der Waals surface area contributed by atoms with Crippen LogP contribution in [0.3, 0.4) is 0 Å². The van der Waals surface area contributed by atoms with E-state index in [1.54, 1.807) is 30.3 Å². The molecule has 0 aliphatic carbocycles. The smallest absolute Gasteiger partial charge is 0.336 e.